The van der Waals surface area contributed by atoms with Crippen LogP contribution in [0.1, 0.15) is 130 Å². The highest BCUT2D eigenvalue weighted by atomic mass is 16.6. The van der Waals surface area contributed by atoms with Gasteiger partial charge in [0.25, 0.3) is 0 Å². The van der Waals surface area contributed by atoms with Gasteiger partial charge in [0.1, 0.15) is 0 Å². The van der Waals surface area contributed by atoms with Crippen molar-refractivity contribution in [3.63, 3.8) is 0 Å². The van der Waals surface area contributed by atoms with Crippen molar-refractivity contribution >= 4 is 0 Å². The summed E-state index contributed by atoms with van der Waals surface area (Å²) in [6.45, 7) is 23.1. The first-order valence-corrected chi connectivity index (χ1v) is 25.4. The summed E-state index contributed by atoms with van der Waals surface area (Å²) in [4.78, 5) is 0. The van der Waals surface area contributed by atoms with E-state index in [-0.39, 0.29) is 12.2 Å². The minimum atomic E-state index is 0.234. The monoisotopic (exact) mass is 913 g/mol. The third-order valence-corrected chi connectivity index (χ3v) is 9.94. The second-order valence-electron chi connectivity index (χ2n) is 16.1. The molecule has 64 heavy (non-hydrogen) atoms. The van der Waals surface area contributed by atoms with Gasteiger partial charge >= 0.3 is 0 Å². The summed E-state index contributed by atoms with van der Waals surface area (Å²) in [6.07, 6.45) is 35.9. The molecular formula is C52H96O12. The van der Waals surface area contributed by atoms with Gasteiger partial charge in [0.2, 0.25) is 0 Å². The maximum Gasteiger partial charge on any atom is 0.0811 e. The van der Waals surface area contributed by atoms with Crippen molar-refractivity contribution in [1.29, 1.82) is 0 Å². The van der Waals surface area contributed by atoms with Gasteiger partial charge in [-0.2, -0.15) is 0 Å². The van der Waals surface area contributed by atoms with Crippen LogP contribution in [0.5, 0.6) is 0 Å². The van der Waals surface area contributed by atoms with Gasteiger partial charge in [0, 0.05) is 26.4 Å². The van der Waals surface area contributed by atoms with Crippen LogP contribution in [0.4, 0.5) is 0 Å². The Hall–Kier alpha value is -1.52. The Balaban J connectivity index is 0.000000433. The molecule has 0 unspecified atom stereocenters. The van der Waals surface area contributed by atoms with Crippen LogP contribution in [0.15, 0.2) is 48.6 Å². The van der Waals surface area contributed by atoms with Crippen molar-refractivity contribution in [2.45, 2.75) is 155 Å². The summed E-state index contributed by atoms with van der Waals surface area (Å²) >= 11 is 0. The quantitative estimate of drug-likeness (QED) is 0.0551. The molecule has 0 N–H and O–H groups in total. The molecule has 0 bridgehead atoms. The molecule has 0 aromatic rings. The molecule has 4 rings (SSSR count). The maximum atomic E-state index is 5.72. The average molecular weight is 913 g/mol. The minimum absolute atomic E-state index is 0.234. The molecule has 0 fully saturated rings. The number of hydrogen-bond donors (Lipinski definition) is 0. The first-order valence-electron chi connectivity index (χ1n) is 25.4. The molecule has 4 aliphatic heterocycles. The predicted molar refractivity (Wildman–Crippen MR) is 259 cm³/mol. The molecule has 0 spiro atoms. The van der Waals surface area contributed by atoms with Crippen LogP contribution in [0, 0.1) is 0 Å². The molecule has 4 aliphatic rings. The zero-order valence-corrected chi connectivity index (χ0v) is 41.3. The van der Waals surface area contributed by atoms with E-state index < -0.39 is 0 Å². The Morgan fingerprint density at radius 1 is 0.281 bits per heavy atom. The van der Waals surface area contributed by atoms with Crippen molar-refractivity contribution in [2.24, 2.45) is 0 Å². The molecule has 376 valence electrons. The lowest BCUT2D eigenvalue weighted by Gasteiger charge is -2.18. The Kier molecular flexibility index (Phi) is 48.1. The Morgan fingerprint density at radius 3 is 0.750 bits per heavy atom. The minimum Gasteiger partial charge on any atom is -0.379 e. The molecule has 12 nitrogen and oxygen atoms in total. The predicted octanol–water partition coefficient (Wildman–Crippen LogP) is 10.2. The molecule has 0 aromatic carbocycles. The van der Waals surface area contributed by atoms with Crippen LogP contribution < -0.4 is 0 Å². The van der Waals surface area contributed by atoms with E-state index in [1.165, 1.54) is 0 Å². The highest BCUT2D eigenvalue weighted by molar-refractivity contribution is 4.86. The summed E-state index contributed by atoms with van der Waals surface area (Å²) in [7, 11) is 0. The normalized spacial score (nSPS) is 23.7. The third kappa shape index (κ3) is 43.1. The smallest absolute Gasteiger partial charge is 0.0811 e. The summed E-state index contributed by atoms with van der Waals surface area (Å²) in [6, 6.07) is 0. The van der Waals surface area contributed by atoms with Crippen molar-refractivity contribution in [3.8, 4) is 0 Å². The van der Waals surface area contributed by atoms with E-state index in [2.05, 4.69) is 76.3 Å². The molecule has 0 aromatic heterocycles. The lowest BCUT2D eigenvalue weighted by atomic mass is 10.1. The first kappa shape index (κ1) is 60.5. The molecule has 0 saturated carbocycles. The van der Waals surface area contributed by atoms with E-state index in [1.807, 2.05) is 0 Å². The standard InChI is InChI=1S/2C15H28O4.2C11H20O2/c2*1-2-8-16-10-11-17-12-13-18-14-15-7-5-3-4-6-9-19-15;2*1-2-8-12-10-11-7-5-3-4-6-9-13-11/h2*3-4,15H,2,5-14H2,1H3;2*3-4,11H,2,5-10H2,1H3/b4*4-3+/t2*15-;2*11-/m1010/s1. The van der Waals surface area contributed by atoms with E-state index in [0.717, 1.165) is 169 Å². The molecule has 12 heteroatoms. The van der Waals surface area contributed by atoms with Gasteiger partial charge in [-0.3, -0.25) is 0 Å². The van der Waals surface area contributed by atoms with Crippen LogP contribution in [0.25, 0.3) is 0 Å². The van der Waals surface area contributed by atoms with E-state index in [4.69, 9.17) is 56.8 Å². The van der Waals surface area contributed by atoms with Crippen molar-refractivity contribution in [2.75, 3.05) is 132 Å². The largest absolute Gasteiger partial charge is 0.379 e. The van der Waals surface area contributed by atoms with Crippen LogP contribution in [0.2, 0.25) is 0 Å². The zero-order chi connectivity index (χ0) is 45.9. The first-order chi connectivity index (χ1) is 31.7. The molecule has 0 amide bonds. The van der Waals surface area contributed by atoms with Gasteiger partial charge in [-0.25, -0.2) is 0 Å². The molecular weight excluding hydrogens is 817 g/mol. The summed E-state index contributed by atoms with van der Waals surface area (Å²) < 4.78 is 66.3. The van der Waals surface area contributed by atoms with Gasteiger partial charge in [0.15, 0.2) is 0 Å². The molecule has 4 heterocycles. The number of ether oxygens (including phenoxy) is 12. The molecule has 0 aliphatic carbocycles. The van der Waals surface area contributed by atoms with Crippen molar-refractivity contribution in [3.05, 3.63) is 48.6 Å². The maximum absolute atomic E-state index is 5.72. The number of hydrogen-bond acceptors (Lipinski definition) is 12. The topological polar surface area (TPSA) is 111 Å². The Labute approximate surface area is 391 Å². The SMILES string of the molecule is CCCOCCOCCOC[C@@H]1CC/C=C/CCO1.CCCOCCOCCOC[C@H]1CC/C=C/CCO1.CCCOC[C@@H]1CC/C=C/CCO1.CCCOC[C@H]1CC/C=C/CCO1. The fourth-order valence-corrected chi connectivity index (χ4v) is 6.46. The lowest BCUT2D eigenvalue weighted by molar-refractivity contribution is -0.0382. The third-order valence-electron chi connectivity index (χ3n) is 9.94. The average Bonchev–Trinajstić information content (AvgIpc) is 3.26. The van der Waals surface area contributed by atoms with Gasteiger partial charge in [-0.15, -0.1) is 0 Å². The number of rotatable bonds is 28. The summed E-state index contributed by atoms with van der Waals surface area (Å²) in [5.74, 6) is 0. The zero-order valence-electron chi connectivity index (χ0n) is 41.3. The van der Waals surface area contributed by atoms with Crippen molar-refractivity contribution in [1.82, 2.24) is 0 Å². The van der Waals surface area contributed by atoms with Gasteiger partial charge in [0.05, 0.1) is 130 Å². The fraction of sp³-hybridized carbons (Fsp3) is 0.846. The summed E-state index contributed by atoms with van der Waals surface area (Å²) in [5.41, 5.74) is 0. The van der Waals surface area contributed by atoms with Crippen LogP contribution >= 0.6 is 0 Å². The van der Waals surface area contributed by atoms with E-state index in [1.54, 1.807) is 0 Å². The second-order valence-corrected chi connectivity index (χ2v) is 16.1. The highest BCUT2D eigenvalue weighted by Gasteiger charge is 2.12. The highest BCUT2D eigenvalue weighted by Crippen LogP contribution is 2.12. The number of allylic oxidation sites excluding steroid dienone is 4. The molecule has 4 atom stereocenters. The van der Waals surface area contributed by atoms with Crippen molar-refractivity contribution < 1.29 is 56.8 Å². The summed E-state index contributed by atoms with van der Waals surface area (Å²) in [5, 5.41) is 0. The molecule has 0 radical (unpaired) electrons. The fourth-order valence-electron chi connectivity index (χ4n) is 6.46. The van der Waals surface area contributed by atoms with Gasteiger partial charge < -0.3 is 56.8 Å². The lowest BCUT2D eigenvalue weighted by Crippen LogP contribution is -2.22. The Morgan fingerprint density at radius 2 is 0.484 bits per heavy atom. The van der Waals surface area contributed by atoms with Crippen LogP contribution in [-0.2, 0) is 56.8 Å². The van der Waals surface area contributed by atoms with E-state index >= 15 is 0 Å². The van der Waals surface area contributed by atoms with Gasteiger partial charge in [-0.1, -0.05) is 76.3 Å². The van der Waals surface area contributed by atoms with Crippen LogP contribution in [-0.4, -0.2) is 157 Å². The van der Waals surface area contributed by atoms with E-state index in [9.17, 15) is 0 Å². The van der Waals surface area contributed by atoms with E-state index in [0.29, 0.717) is 78.3 Å². The van der Waals surface area contributed by atoms with Crippen LogP contribution in [0.3, 0.4) is 0 Å². The Bertz CT molecular complexity index is 960. The van der Waals surface area contributed by atoms with Gasteiger partial charge in [-0.05, 0) is 103 Å². The molecule has 0 saturated heterocycles. The second kappa shape index (κ2) is 50.9.